The van der Waals surface area contributed by atoms with Crippen molar-refractivity contribution in [2.45, 2.75) is 63.9 Å². The number of nitriles is 1. The average molecular weight is 337 g/mol. The van der Waals surface area contributed by atoms with Crippen LogP contribution in [0.2, 0.25) is 18.1 Å². The highest BCUT2D eigenvalue weighted by molar-refractivity contribution is 6.74. The number of nitrogens with zero attached hydrogens (tertiary/aromatic N) is 1. The summed E-state index contributed by atoms with van der Waals surface area (Å²) in [5.74, 6) is 0. The molecule has 1 N–H and O–H groups in total. The van der Waals surface area contributed by atoms with E-state index in [-0.39, 0.29) is 11.1 Å². The molecular weight excluding hydrogens is 304 g/mol. The van der Waals surface area contributed by atoms with Crippen molar-refractivity contribution in [1.82, 2.24) is 5.32 Å². The fourth-order valence-electron chi connectivity index (χ4n) is 1.91. The van der Waals surface area contributed by atoms with Gasteiger partial charge in [-0.25, -0.2) is 0 Å². The van der Waals surface area contributed by atoms with Crippen molar-refractivity contribution in [3.63, 3.8) is 0 Å². The Balaban J connectivity index is 2.58. The molecule has 4 nitrogen and oxygen atoms in total. The molecule has 0 aromatic rings. The first-order valence-corrected chi connectivity index (χ1v) is 11.1. The first kappa shape index (κ1) is 20.1. The molecule has 1 aliphatic rings. The molecule has 0 aromatic carbocycles. The van der Waals surface area contributed by atoms with Gasteiger partial charge in [0.15, 0.2) is 8.32 Å². The molecule has 0 aliphatic heterocycles. The average Bonchev–Trinajstić information content (AvgIpc) is 2.50. The summed E-state index contributed by atoms with van der Waals surface area (Å²) >= 11 is 0. The van der Waals surface area contributed by atoms with E-state index in [0.717, 1.165) is 6.42 Å². The van der Waals surface area contributed by atoms with Crippen LogP contribution < -0.4 is 5.32 Å². The Bertz CT molecular complexity index is 500. The van der Waals surface area contributed by atoms with Crippen LogP contribution in [0.15, 0.2) is 23.8 Å². The predicted molar refractivity (Wildman–Crippen MR) is 97.8 cm³/mol. The van der Waals surface area contributed by atoms with Crippen LogP contribution in [0.25, 0.3) is 0 Å². The van der Waals surface area contributed by atoms with E-state index in [9.17, 15) is 5.26 Å². The van der Waals surface area contributed by atoms with Gasteiger partial charge in [-0.3, -0.25) is 5.32 Å². The lowest BCUT2D eigenvalue weighted by molar-refractivity contribution is 0.142. The third-order valence-corrected chi connectivity index (χ3v) is 9.38. The maximum absolute atomic E-state index is 9.56. The fourth-order valence-corrected chi connectivity index (χ4v) is 2.99. The number of nitrogens with one attached hydrogen (secondary N) is 1. The molecule has 0 spiro atoms. The van der Waals surface area contributed by atoms with Crippen LogP contribution in [0.5, 0.6) is 0 Å². The van der Waals surface area contributed by atoms with E-state index in [1.54, 1.807) is 7.11 Å². The molecule has 0 fully saturated rings. The molecule has 0 radical (unpaired) electrons. The molecule has 0 amide bonds. The van der Waals surface area contributed by atoms with Gasteiger partial charge in [-0.05, 0) is 37.0 Å². The molecule has 0 bridgehead atoms. The van der Waals surface area contributed by atoms with Crippen molar-refractivity contribution in [2.75, 3.05) is 20.3 Å². The normalized spacial score (nSPS) is 21.5. The van der Waals surface area contributed by atoms with Crippen LogP contribution >= 0.6 is 0 Å². The lowest BCUT2D eigenvalue weighted by atomic mass is 10.0. The summed E-state index contributed by atoms with van der Waals surface area (Å²) in [5.41, 5.74) is 0.509. The van der Waals surface area contributed by atoms with E-state index in [4.69, 9.17) is 9.16 Å². The number of rotatable bonds is 7. The van der Waals surface area contributed by atoms with Crippen molar-refractivity contribution < 1.29 is 9.16 Å². The topological polar surface area (TPSA) is 54.3 Å². The molecule has 0 saturated carbocycles. The molecule has 5 heteroatoms. The zero-order valence-electron chi connectivity index (χ0n) is 15.7. The highest BCUT2D eigenvalue weighted by Gasteiger charge is 2.39. The summed E-state index contributed by atoms with van der Waals surface area (Å²) < 4.78 is 11.5. The molecule has 1 aliphatic carbocycles. The standard InChI is InChI=1S/C18H32N2O2Si/c1-17(2,3)23(6,7)22-14-18(4,13-19)20-12-15-8-10-16(21-5)11-9-15/h8-10,16,20H,11-12,14H2,1-7H3. The van der Waals surface area contributed by atoms with Gasteiger partial charge in [0, 0.05) is 13.7 Å². The van der Waals surface area contributed by atoms with Gasteiger partial charge < -0.3 is 9.16 Å². The second-order valence-electron chi connectivity index (χ2n) is 7.99. The number of methoxy groups -OCH3 is 1. The Labute approximate surface area is 142 Å². The van der Waals surface area contributed by atoms with E-state index in [2.05, 4.69) is 63.5 Å². The molecule has 23 heavy (non-hydrogen) atoms. The Hall–Kier alpha value is -0.933. The lowest BCUT2D eigenvalue weighted by Gasteiger charge is -2.38. The highest BCUT2D eigenvalue weighted by Crippen LogP contribution is 2.36. The second-order valence-corrected chi connectivity index (χ2v) is 12.8. The third kappa shape index (κ3) is 5.89. The van der Waals surface area contributed by atoms with E-state index in [1.165, 1.54) is 5.57 Å². The zero-order valence-corrected chi connectivity index (χ0v) is 16.7. The SMILES string of the molecule is COC1C=CC(CNC(C)(C#N)CO[Si](C)(C)C(C)(C)C)=CC1. The van der Waals surface area contributed by atoms with E-state index in [1.807, 2.05) is 6.92 Å². The van der Waals surface area contributed by atoms with Gasteiger partial charge in [0.25, 0.3) is 0 Å². The summed E-state index contributed by atoms with van der Waals surface area (Å²) in [6.07, 6.45) is 7.34. The number of hydrogen-bond acceptors (Lipinski definition) is 4. The number of ether oxygens (including phenoxy) is 1. The molecular formula is C18H32N2O2Si. The van der Waals surface area contributed by atoms with Crippen molar-refractivity contribution in [1.29, 1.82) is 5.26 Å². The van der Waals surface area contributed by atoms with Gasteiger partial charge in [-0.15, -0.1) is 0 Å². The monoisotopic (exact) mass is 336 g/mol. The summed E-state index contributed by atoms with van der Waals surface area (Å²) in [6, 6.07) is 2.37. The minimum Gasteiger partial charge on any atom is -0.414 e. The Morgan fingerprint density at radius 3 is 2.43 bits per heavy atom. The first-order chi connectivity index (χ1) is 10.5. The lowest BCUT2D eigenvalue weighted by Crippen LogP contribution is -2.51. The van der Waals surface area contributed by atoms with Crippen LogP contribution in [0.4, 0.5) is 0 Å². The van der Waals surface area contributed by atoms with Crippen LogP contribution in [0.3, 0.4) is 0 Å². The fraction of sp³-hybridized carbons (Fsp3) is 0.722. The van der Waals surface area contributed by atoms with Crippen molar-refractivity contribution in [3.05, 3.63) is 23.8 Å². The van der Waals surface area contributed by atoms with Gasteiger partial charge in [-0.2, -0.15) is 5.26 Å². The first-order valence-electron chi connectivity index (χ1n) is 8.23. The molecule has 2 atom stereocenters. The highest BCUT2D eigenvalue weighted by atomic mass is 28.4. The van der Waals surface area contributed by atoms with E-state index in [0.29, 0.717) is 13.2 Å². The van der Waals surface area contributed by atoms with Gasteiger partial charge in [-0.1, -0.05) is 39.0 Å². The third-order valence-electron chi connectivity index (χ3n) is 4.90. The maximum Gasteiger partial charge on any atom is 0.192 e. The van der Waals surface area contributed by atoms with Crippen LogP contribution in [-0.4, -0.2) is 40.2 Å². The molecule has 0 aromatic heterocycles. The van der Waals surface area contributed by atoms with E-state index < -0.39 is 13.9 Å². The van der Waals surface area contributed by atoms with Gasteiger partial charge >= 0.3 is 0 Å². The minimum absolute atomic E-state index is 0.146. The minimum atomic E-state index is -1.85. The summed E-state index contributed by atoms with van der Waals surface area (Å²) in [4.78, 5) is 0. The van der Waals surface area contributed by atoms with Crippen molar-refractivity contribution in [2.24, 2.45) is 0 Å². The van der Waals surface area contributed by atoms with Gasteiger partial charge in [0.05, 0.1) is 18.8 Å². The molecule has 2 unspecified atom stereocenters. The second kappa shape index (κ2) is 7.76. The summed E-state index contributed by atoms with van der Waals surface area (Å²) in [5, 5.41) is 13.1. The Kier molecular flexibility index (Phi) is 6.78. The molecule has 0 saturated heterocycles. The van der Waals surface area contributed by atoms with Gasteiger partial charge in [0.1, 0.15) is 5.54 Å². The van der Waals surface area contributed by atoms with E-state index >= 15 is 0 Å². The van der Waals surface area contributed by atoms with Crippen LogP contribution in [0.1, 0.15) is 34.1 Å². The predicted octanol–water partition coefficient (Wildman–Crippen LogP) is 3.78. The van der Waals surface area contributed by atoms with Crippen LogP contribution in [-0.2, 0) is 9.16 Å². The molecule has 0 heterocycles. The Morgan fingerprint density at radius 2 is 2.00 bits per heavy atom. The van der Waals surface area contributed by atoms with Crippen molar-refractivity contribution >= 4 is 8.32 Å². The summed E-state index contributed by atoms with van der Waals surface area (Å²) in [6.45, 7) is 14.0. The smallest absolute Gasteiger partial charge is 0.192 e. The molecule has 130 valence electrons. The van der Waals surface area contributed by atoms with Crippen molar-refractivity contribution in [3.8, 4) is 6.07 Å². The van der Waals surface area contributed by atoms with Crippen LogP contribution in [0, 0.1) is 11.3 Å². The zero-order chi connectivity index (χ0) is 17.7. The van der Waals surface area contributed by atoms with Gasteiger partial charge in [0.2, 0.25) is 0 Å². The Morgan fingerprint density at radius 1 is 1.35 bits per heavy atom. The quantitative estimate of drug-likeness (QED) is 0.719. The number of hydrogen-bond donors (Lipinski definition) is 1. The summed E-state index contributed by atoms with van der Waals surface area (Å²) in [7, 11) is -0.131. The largest absolute Gasteiger partial charge is 0.414 e. The maximum atomic E-state index is 9.56. The molecule has 1 rings (SSSR count).